The number of nitro benzene ring substituents is 1. The molecule has 0 saturated heterocycles. The van der Waals surface area contributed by atoms with Gasteiger partial charge < -0.3 is 5.32 Å². The summed E-state index contributed by atoms with van der Waals surface area (Å²) in [5.74, 6) is -0.385. The summed E-state index contributed by atoms with van der Waals surface area (Å²) in [6.07, 6.45) is 1.35. The number of H-pyrrole nitrogens is 1. The van der Waals surface area contributed by atoms with Gasteiger partial charge in [-0.2, -0.15) is 5.10 Å². The van der Waals surface area contributed by atoms with Gasteiger partial charge in [-0.15, -0.1) is 0 Å². The van der Waals surface area contributed by atoms with Crippen molar-refractivity contribution in [2.45, 2.75) is 17.3 Å². The van der Waals surface area contributed by atoms with Crippen LogP contribution in [0.1, 0.15) is 16.4 Å². The second kappa shape index (κ2) is 7.79. The molecule has 0 bridgehead atoms. The molecular weight excluding hydrogens is 354 g/mol. The van der Waals surface area contributed by atoms with Crippen LogP contribution >= 0.6 is 11.8 Å². The Bertz CT molecular complexity index is 915. The lowest BCUT2D eigenvalue weighted by atomic mass is 10.1. The van der Waals surface area contributed by atoms with Crippen LogP contribution in [0.3, 0.4) is 0 Å². The molecular formula is C17H15N5O3S. The summed E-state index contributed by atoms with van der Waals surface area (Å²) in [7, 11) is 0. The van der Waals surface area contributed by atoms with Gasteiger partial charge in [0.05, 0.1) is 4.92 Å². The Hall–Kier alpha value is -3.20. The zero-order valence-corrected chi connectivity index (χ0v) is 14.6. The first kappa shape index (κ1) is 17.6. The third kappa shape index (κ3) is 4.06. The number of anilines is 1. The number of aromatic nitrogens is 3. The van der Waals surface area contributed by atoms with Crippen LogP contribution in [0.4, 0.5) is 11.4 Å². The van der Waals surface area contributed by atoms with Gasteiger partial charge in [-0.05, 0) is 24.1 Å². The second-order valence-electron chi connectivity index (χ2n) is 5.47. The first-order valence-corrected chi connectivity index (χ1v) is 8.55. The molecule has 9 heteroatoms. The van der Waals surface area contributed by atoms with E-state index < -0.39 is 10.2 Å². The molecule has 2 N–H and O–H groups in total. The van der Waals surface area contributed by atoms with E-state index in [1.54, 1.807) is 13.0 Å². The van der Waals surface area contributed by atoms with Crippen LogP contribution in [0.25, 0.3) is 0 Å². The fraction of sp³-hybridized carbons (Fsp3) is 0.118. The van der Waals surface area contributed by atoms with Gasteiger partial charge in [-0.1, -0.05) is 48.2 Å². The number of thioether (sulfide) groups is 1. The van der Waals surface area contributed by atoms with E-state index in [0.717, 1.165) is 11.1 Å². The number of carbonyl (C=O) groups excluding carboxylic acids is 1. The number of rotatable bonds is 6. The number of nitro groups is 1. The fourth-order valence-corrected chi connectivity index (χ4v) is 3.26. The van der Waals surface area contributed by atoms with Crippen molar-refractivity contribution in [1.29, 1.82) is 0 Å². The lowest BCUT2D eigenvalue weighted by Gasteiger charge is -2.16. The average Bonchev–Trinajstić information content (AvgIpc) is 3.15. The molecule has 0 aliphatic heterocycles. The van der Waals surface area contributed by atoms with E-state index in [4.69, 9.17) is 0 Å². The number of nitrogens with zero attached hydrogens (tertiary/aromatic N) is 3. The van der Waals surface area contributed by atoms with Gasteiger partial charge in [0.2, 0.25) is 5.91 Å². The molecule has 0 unspecified atom stereocenters. The monoisotopic (exact) mass is 369 g/mol. The summed E-state index contributed by atoms with van der Waals surface area (Å²) < 4.78 is 0. The van der Waals surface area contributed by atoms with Gasteiger partial charge in [0.25, 0.3) is 5.69 Å². The first-order chi connectivity index (χ1) is 12.5. The molecule has 8 nitrogen and oxygen atoms in total. The maximum Gasteiger partial charge on any atom is 0.293 e. The highest BCUT2D eigenvalue weighted by molar-refractivity contribution is 8.00. The van der Waals surface area contributed by atoms with E-state index >= 15 is 0 Å². The predicted octanol–water partition coefficient (Wildman–Crippen LogP) is 3.49. The van der Waals surface area contributed by atoms with Gasteiger partial charge in [0.15, 0.2) is 5.16 Å². The molecule has 0 saturated carbocycles. The molecule has 0 aliphatic rings. The Kier molecular flexibility index (Phi) is 5.28. The normalized spacial score (nSPS) is 11.7. The fourth-order valence-electron chi connectivity index (χ4n) is 2.36. The maximum absolute atomic E-state index is 12.9. The standard InChI is InChI=1S/C17H15N5O3S/c1-11-7-8-13(14(9-11)22(24)25)20-16(23)15(12-5-3-2-4-6-12)26-17-18-10-19-21-17/h2-10,15H,1H3,(H,20,23)(H,18,19,21)/t15-/m1/s1. The first-order valence-electron chi connectivity index (χ1n) is 7.67. The molecule has 0 aliphatic carbocycles. The van der Waals surface area contributed by atoms with Crippen molar-refractivity contribution >= 4 is 29.0 Å². The molecule has 1 atom stereocenters. The van der Waals surface area contributed by atoms with Crippen molar-refractivity contribution in [1.82, 2.24) is 15.2 Å². The van der Waals surface area contributed by atoms with Crippen LogP contribution in [0.15, 0.2) is 60.0 Å². The molecule has 0 spiro atoms. The topological polar surface area (TPSA) is 114 Å². The smallest absolute Gasteiger partial charge is 0.293 e. The molecule has 2 aromatic carbocycles. The molecule has 1 aromatic heterocycles. The Morgan fingerprint density at radius 3 is 2.69 bits per heavy atom. The van der Waals surface area contributed by atoms with E-state index in [1.807, 2.05) is 30.3 Å². The summed E-state index contributed by atoms with van der Waals surface area (Å²) in [5.41, 5.74) is 1.51. The minimum Gasteiger partial charge on any atom is -0.319 e. The highest BCUT2D eigenvalue weighted by Gasteiger charge is 2.25. The zero-order valence-electron chi connectivity index (χ0n) is 13.7. The van der Waals surface area contributed by atoms with Gasteiger partial charge >= 0.3 is 0 Å². The van der Waals surface area contributed by atoms with Crippen molar-refractivity contribution < 1.29 is 9.72 Å². The Morgan fingerprint density at radius 1 is 1.27 bits per heavy atom. The van der Waals surface area contributed by atoms with Gasteiger partial charge in [0.1, 0.15) is 17.3 Å². The lowest BCUT2D eigenvalue weighted by Crippen LogP contribution is -2.20. The molecule has 1 amide bonds. The van der Waals surface area contributed by atoms with E-state index in [-0.39, 0.29) is 17.3 Å². The maximum atomic E-state index is 12.9. The molecule has 3 rings (SSSR count). The van der Waals surface area contributed by atoms with Crippen LogP contribution < -0.4 is 5.32 Å². The highest BCUT2D eigenvalue weighted by Crippen LogP contribution is 2.35. The number of carbonyl (C=O) groups is 1. The van der Waals surface area contributed by atoms with Crippen LogP contribution in [-0.4, -0.2) is 26.0 Å². The Labute approximate surface area is 153 Å². The molecule has 132 valence electrons. The number of hydrogen-bond donors (Lipinski definition) is 2. The number of aromatic amines is 1. The predicted molar refractivity (Wildman–Crippen MR) is 97.9 cm³/mol. The van der Waals surface area contributed by atoms with Crippen molar-refractivity contribution in [3.05, 3.63) is 76.1 Å². The average molecular weight is 369 g/mol. The Morgan fingerprint density at radius 2 is 2.04 bits per heavy atom. The van der Waals surface area contributed by atoms with Crippen LogP contribution in [-0.2, 0) is 4.79 Å². The molecule has 26 heavy (non-hydrogen) atoms. The zero-order chi connectivity index (χ0) is 18.5. The van der Waals surface area contributed by atoms with E-state index in [0.29, 0.717) is 5.16 Å². The minimum atomic E-state index is -0.648. The van der Waals surface area contributed by atoms with Crippen molar-refractivity contribution in [2.24, 2.45) is 0 Å². The summed E-state index contributed by atoms with van der Waals surface area (Å²) in [6, 6.07) is 13.8. The molecule has 3 aromatic rings. The third-order valence-corrected chi connectivity index (χ3v) is 4.71. The SMILES string of the molecule is Cc1ccc(NC(=O)[C@H](Sc2ncn[nH]2)c2ccccc2)c([N+](=O)[O-])c1. The number of aryl methyl sites for hydroxylation is 1. The molecule has 1 heterocycles. The quantitative estimate of drug-likeness (QED) is 0.390. The lowest BCUT2D eigenvalue weighted by molar-refractivity contribution is -0.384. The highest BCUT2D eigenvalue weighted by atomic mass is 32.2. The van der Waals surface area contributed by atoms with Gasteiger partial charge in [-0.25, -0.2) is 4.98 Å². The summed E-state index contributed by atoms with van der Waals surface area (Å²) in [6.45, 7) is 1.76. The van der Waals surface area contributed by atoms with Crippen LogP contribution in [0.2, 0.25) is 0 Å². The van der Waals surface area contributed by atoms with E-state index in [9.17, 15) is 14.9 Å². The van der Waals surface area contributed by atoms with Crippen molar-refractivity contribution in [3.8, 4) is 0 Å². The number of nitrogens with one attached hydrogen (secondary N) is 2. The van der Waals surface area contributed by atoms with Crippen LogP contribution in [0, 0.1) is 17.0 Å². The summed E-state index contributed by atoms with van der Waals surface area (Å²) >= 11 is 1.18. The third-order valence-electron chi connectivity index (χ3n) is 3.57. The van der Waals surface area contributed by atoms with E-state index in [1.165, 1.54) is 30.2 Å². The van der Waals surface area contributed by atoms with Gasteiger partial charge in [0, 0.05) is 6.07 Å². The van der Waals surface area contributed by atoms with Crippen molar-refractivity contribution in [3.63, 3.8) is 0 Å². The number of amides is 1. The summed E-state index contributed by atoms with van der Waals surface area (Å²) in [4.78, 5) is 27.7. The second-order valence-corrected chi connectivity index (χ2v) is 6.56. The van der Waals surface area contributed by atoms with E-state index in [2.05, 4.69) is 20.5 Å². The van der Waals surface area contributed by atoms with Crippen molar-refractivity contribution in [2.75, 3.05) is 5.32 Å². The van der Waals surface area contributed by atoms with Gasteiger partial charge in [-0.3, -0.25) is 20.0 Å². The molecule has 0 fully saturated rings. The Balaban J connectivity index is 1.90. The van der Waals surface area contributed by atoms with Crippen LogP contribution in [0.5, 0.6) is 0 Å². The number of hydrogen-bond acceptors (Lipinski definition) is 6. The molecule has 0 radical (unpaired) electrons. The minimum absolute atomic E-state index is 0.144. The number of benzene rings is 2. The summed E-state index contributed by atoms with van der Waals surface area (Å²) in [5, 5.41) is 20.3. The largest absolute Gasteiger partial charge is 0.319 e.